The van der Waals surface area contributed by atoms with Gasteiger partial charge in [-0.2, -0.15) is 13.2 Å². The van der Waals surface area contributed by atoms with Gasteiger partial charge in [0.15, 0.2) is 0 Å². The molecular formula is C19H14F4N2O2. The van der Waals surface area contributed by atoms with Gasteiger partial charge in [0, 0.05) is 23.8 Å². The first-order valence-corrected chi connectivity index (χ1v) is 8.02. The lowest BCUT2D eigenvalue weighted by atomic mass is 10.1. The molecule has 1 heterocycles. The van der Waals surface area contributed by atoms with Gasteiger partial charge in [-0.25, -0.2) is 4.39 Å². The van der Waals surface area contributed by atoms with E-state index >= 15 is 0 Å². The molecule has 1 amide bonds. The third kappa shape index (κ3) is 3.69. The second-order valence-electron chi connectivity index (χ2n) is 5.85. The Labute approximate surface area is 151 Å². The highest BCUT2D eigenvalue weighted by molar-refractivity contribution is 6.05. The topological polar surface area (TPSA) is 51.1 Å². The third-order valence-corrected chi connectivity index (χ3v) is 4.08. The van der Waals surface area contributed by atoms with Crippen molar-refractivity contribution in [2.45, 2.75) is 19.6 Å². The molecule has 0 unspecified atom stereocenters. The van der Waals surface area contributed by atoms with Crippen LogP contribution in [0.1, 0.15) is 22.8 Å². The number of carbonyl (C=O) groups excluding carboxylic acids is 1. The van der Waals surface area contributed by atoms with Gasteiger partial charge in [-0.1, -0.05) is 6.07 Å². The lowest BCUT2D eigenvalue weighted by Crippen LogP contribution is -2.24. The predicted molar refractivity (Wildman–Crippen MR) is 93.2 cm³/mol. The average molecular weight is 378 g/mol. The van der Waals surface area contributed by atoms with E-state index in [-0.39, 0.29) is 16.6 Å². The van der Waals surface area contributed by atoms with Crippen LogP contribution < -0.4 is 10.7 Å². The summed E-state index contributed by atoms with van der Waals surface area (Å²) in [5.74, 6) is -1.50. The standard InChI is InChI=1S/C19H14F4N2O2/c1-2-25-10-15(17(26)14-9-12(20)6-7-16(14)25)18(27)24-13-5-3-4-11(8-13)19(21,22)23/h3-10H,2H2,1H3,(H,24,27). The SMILES string of the molecule is CCn1cc(C(=O)Nc2cccc(C(F)(F)F)c2)c(=O)c2cc(F)ccc21. The number of anilines is 1. The predicted octanol–water partition coefficient (Wildman–Crippen LogP) is 4.43. The van der Waals surface area contributed by atoms with Crippen molar-refractivity contribution in [3.8, 4) is 0 Å². The van der Waals surface area contributed by atoms with Crippen LogP contribution in [0.2, 0.25) is 0 Å². The van der Waals surface area contributed by atoms with Crippen molar-refractivity contribution in [1.29, 1.82) is 0 Å². The largest absolute Gasteiger partial charge is 0.416 e. The summed E-state index contributed by atoms with van der Waals surface area (Å²) in [5, 5.41) is 2.32. The van der Waals surface area contributed by atoms with Crippen molar-refractivity contribution in [3.05, 3.63) is 75.8 Å². The van der Waals surface area contributed by atoms with E-state index in [0.29, 0.717) is 12.1 Å². The quantitative estimate of drug-likeness (QED) is 0.686. The summed E-state index contributed by atoms with van der Waals surface area (Å²) < 4.78 is 53.5. The van der Waals surface area contributed by atoms with E-state index in [1.807, 2.05) is 0 Å². The summed E-state index contributed by atoms with van der Waals surface area (Å²) in [6, 6.07) is 7.76. The summed E-state index contributed by atoms with van der Waals surface area (Å²) in [5.41, 5.74) is -1.55. The van der Waals surface area contributed by atoms with Gasteiger partial charge in [-0.3, -0.25) is 9.59 Å². The number of hydrogen-bond donors (Lipinski definition) is 1. The summed E-state index contributed by atoms with van der Waals surface area (Å²) in [7, 11) is 0. The summed E-state index contributed by atoms with van der Waals surface area (Å²) in [6.07, 6.45) is -3.25. The van der Waals surface area contributed by atoms with Gasteiger partial charge in [0.05, 0.1) is 11.1 Å². The zero-order chi connectivity index (χ0) is 19.8. The molecule has 27 heavy (non-hydrogen) atoms. The zero-order valence-electron chi connectivity index (χ0n) is 14.1. The number of aryl methyl sites for hydroxylation is 1. The average Bonchev–Trinajstić information content (AvgIpc) is 2.62. The van der Waals surface area contributed by atoms with Crippen LogP contribution in [0, 0.1) is 5.82 Å². The highest BCUT2D eigenvalue weighted by Gasteiger charge is 2.30. The fourth-order valence-corrected chi connectivity index (χ4v) is 2.76. The molecule has 0 aliphatic heterocycles. The smallest absolute Gasteiger partial charge is 0.347 e. The molecule has 0 fully saturated rings. The van der Waals surface area contributed by atoms with Gasteiger partial charge < -0.3 is 9.88 Å². The molecule has 0 spiro atoms. The fourth-order valence-electron chi connectivity index (χ4n) is 2.76. The van der Waals surface area contributed by atoms with E-state index in [0.717, 1.165) is 24.3 Å². The normalized spacial score (nSPS) is 11.6. The number of alkyl halides is 3. The summed E-state index contributed by atoms with van der Waals surface area (Å²) in [4.78, 5) is 25.1. The molecule has 8 heteroatoms. The highest BCUT2D eigenvalue weighted by Crippen LogP contribution is 2.30. The van der Waals surface area contributed by atoms with Gasteiger partial charge in [0.1, 0.15) is 11.4 Å². The van der Waals surface area contributed by atoms with E-state index < -0.39 is 28.9 Å². The molecule has 0 bridgehead atoms. The summed E-state index contributed by atoms with van der Waals surface area (Å²) in [6.45, 7) is 2.19. The van der Waals surface area contributed by atoms with E-state index in [9.17, 15) is 27.2 Å². The van der Waals surface area contributed by atoms with Crippen LogP contribution in [0.15, 0.2) is 53.5 Å². The molecule has 0 aliphatic rings. The number of fused-ring (bicyclic) bond motifs is 1. The first kappa shape index (κ1) is 18.6. The number of amides is 1. The molecule has 0 saturated carbocycles. The molecule has 0 radical (unpaired) electrons. The maximum atomic E-state index is 13.5. The molecule has 0 atom stereocenters. The van der Waals surface area contributed by atoms with Crippen molar-refractivity contribution in [1.82, 2.24) is 4.57 Å². The number of pyridine rings is 1. The fraction of sp³-hybridized carbons (Fsp3) is 0.158. The second-order valence-corrected chi connectivity index (χ2v) is 5.85. The number of hydrogen-bond acceptors (Lipinski definition) is 2. The van der Waals surface area contributed by atoms with Gasteiger partial charge in [0.2, 0.25) is 5.43 Å². The van der Waals surface area contributed by atoms with Crippen molar-refractivity contribution < 1.29 is 22.4 Å². The van der Waals surface area contributed by atoms with Crippen LogP contribution in [0.4, 0.5) is 23.2 Å². The minimum Gasteiger partial charge on any atom is -0.347 e. The van der Waals surface area contributed by atoms with Crippen LogP contribution in [0.3, 0.4) is 0 Å². The van der Waals surface area contributed by atoms with Crippen LogP contribution in [-0.4, -0.2) is 10.5 Å². The Bertz CT molecular complexity index is 1090. The molecule has 3 aromatic rings. The van der Waals surface area contributed by atoms with Gasteiger partial charge in [-0.05, 0) is 43.3 Å². The Kier molecular flexibility index (Phi) is 4.73. The van der Waals surface area contributed by atoms with Crippen LogP contribution in [0.5, 0.6) is 0 Å². The van der Waals surface area contributed by atoms with Gasteiger partial charge >= 0.3 is 6.18 Å². The highest BCUT2D eigenvalue weighted by atomic mass is 19.4. The van der Waals surface area contributed by atoms with Gasteiger partial charge in [-0.15, -0.1) is 0 Å². The van der Waals surface area contributed by atoms with Crippen molar-refractivity contribution >= 4 is 22.5 Å². The Hall–Kier alpha value is -3.16. The Morgan fingerprint density at radius 3 is 2.56 bits per heavy atom. The van der Waals surface area contributed by atoms with E-state index in [1.165, 1.54) is 24.4 Å². The van der Waals surface area contributed by atoms with E-state index in [1.54, 1.807) is 11.5 Å². The first-order chi connectivity index (χ1) is 12.7. The van der Waals surface area contributed by atoms with Gasteiger partial charge in [0.25, 0.3) is 5.91 Å². The number of aromatic nitrogens is 1. The van der Waals surface area contributed by atoms with E-state index in [2.05, 4.69) is 5.32 Å². The van der Waals surface area contributed by atoms with Crippen molar-refractivity contribution in [2.24, 2.45) is 0 Å². The number of rotatable bonds is 3. The third-order valence-electron chi connectivity index (χ3n) is 4.08. The Balaban J connectivity index is 2.04. The minimum absolute atomic E-state index is 0.0218. The van der Waals surface area contributed by atoms with Crippen LogP contribution in [-0.2, 0) is 12.7 Å². The lowest BCUT2D eigenvalue weighted by molar-refractivity contribution is -0.137. The molecule has 1 aromatic heterocycles. The molecule has 0 aliphatic carbocycles. The number of carbonyl (C=O) groups is 1. The molecule has 4 nitrogen and oxygen atoms in total. The Morgan fingerprint density at radius 1 is 1.15 bits per heavy atom. The van der Waals surface area contributed by atoms with Crippen molar-refractivity contribution in [2.75, 3.05) is 5.32 Å². The van der Waals surface area contributed by atoms with Crippen LogP contribution >= 0.6 is 0 Å². The number of nitrogens with one attached hydrogen (secondary N) is 1. The molecule has 3 rings (SSSR count). The minimum atomic E-state index is -4.56. The number of benzene rings is 2. The second kappa shape index (κ2) is 6.86. The lowest BCUT2D eigenvalue weighted by Gasteiger charge is -2.13. The van der Waals surface area contributed by atoms with E-state index in [4.69, 9.17) is 0 Å². The molecule has 1 N–H and O–H groups in total. The van der Waals surface area contributed by atoms with Crippen LogP contribution in [0.25, 0.3) is 10.9 Å². The molecule has 2 aromatic carbocycles. The van der Waals surface area contributed by atoms with Crippen molar-refractivity contribution in [3.63, 3.8) is 0 Å². The molecule has 140 valence electrons. The number of halogens is 4. The molecule has 0 saturated heterocycles. The maximum absolute atomic E-state index is 13.5. The first-order valence-electron chi connectivity index (χ1n) is 8.02. The monoisotopic (exact) mass is 378 g/mol. The number of nitrogens with zero attached hydrogens (tertiary/aromatic N) is 1. The maximum Gasteiger partial charge on any atom is 0.416 e. The molecular weight excluding hydrogens is 364 g/mol. The zero-order valence-corrected chi connectivity index (χ0v) is 14.1. The summed E-state index contributed by atoms with van der Waals surface area (Å²) >= 11 is 0. The Morgan fingerprint density at radius 2 is 1.89 bits per heavy atom.